The van der Waals surface area contributed by atoms with Crippen LogP contribution in [0.1, 0.15) is 36.3 Å². The van der Waals surface area contributed by atoms with Crippen LogP contribution in [0.15, 0.2) is 53.0 Å². The third-order valence-electron chi connectivity index (χ3n) is 6.60. The topological polar surface area (TPSA) is 141 Å². The Morgan fingerprint density at radius 2 is 1.83 bits per heavy atom. The van der Waals surface area contributed by atoms with Crippen LogP contribution in [0.4, 0.5) is 11.4 Å². The SMILES string of the molecule is COc1ccc([C@H]2C(C#N)=C(N)N(c3cc([N+](=O)[O-])ccc3C)C3=C2C(=O)CCC3)c(OC)c1OC. The van der Waals surface area contributed by atoms with Gasteiger partial charge in [-0.05, 0) is 31.4 Å². The van der Waals surface area contributed by atoms with Crippen LogP contribution in [0.2, 0.25) is 0 Å². The van der Waals surface area contributed by atoms with Gasteiger partial charge in [-0.1, -0.05) is 12.1 Å². The number of nitrogens with zero attached hydrogens (tertiary/aromatic N) is 3. The summed E-state index contributed by atoms with van der Waals surface area (Å²) < 4.78 is 16.6. The van der Waals surface area contributed by atoms with Crippen molar-refractivity contribution in [2.75, 3.05) is 26.2 Å². The largest absolute Gasteiger partial charge is 0.493 e. The van der Waals surface area contributed by atoms with Gasteiger partial charge in [0.15, 0.2) is 17.3 Å². The van der Waals surface area contributed by atoms with Crippen molar-refractivity contribution in [1.82, 2.24) is 0 Å². The van der Waals surface area contributed by atoms with E-state index in [2.05, 4.69) is 6.07 Å². The normalized spacial score (nSPS) is 17.5. The quantitative estimate of drug-likeness (QED) is 0.465. The van der Waals surface area contributed by atoms with Crippen LogP contribution in [0.25, 0.3) is 0 Å². The molecule has 1 atom stereocenters. The number of nitrogens with two attached hydrogens (primary N) is 1. The minimum atomic E-state index is -0.803. The van der Waals surface area contributed by atoms with Crippen molar-refractivity contribution in [2.24, 2.45) is 5.73 Å². The minimum Gasteiger partial charge on any atom is -0.493 e. The predicted octanol–water partition coefficient (Wildman–Crippen LogP) is 4.23. The van der Waals surface area contributed by atoms with Gasteiger partial charge in [0.25, 0.3) is 5.69 Å². The first-order valence-corrected chi connectivity index (χ1v) is 11.3. The lowest BCUT2D eigenvalue weighted by Gasteiger charge is -2.40. The van der Waals surface area contributed by atoms with Gasteiger partial charge in [0.2, 0.25) is 5.75 Å². The standard InChI is InChI=1S/C26H26N4O6/c1-14-8-9-15(30(32)33)12-19(14)29-18-6-5-7-20(31)23(18)22(17(13-27)26(29)28)16-10-11-21(34-2)25(36-4)24(16)35-3/h8-12,22H,5-7,28H2,1-4H3/t22-/m0/s1. The smallest absolute Gasteiger partial charge is 0.271 e. The highest BCUT2D eigenvalue weighted by atomic mass is 16.6. The Morgan fingerprint density at radius 3 is 2.44 bits per heavy atom. The number of anilines is 1. The van der Waals surface area contributed by atoms with Gasteiger partial charge < -0.3 is 19.9 Å². The number of carbonyl (C=O) groups is 1. The van der Waals surface area contributed by atoms with Gasteiger partial charge in [0, 0.05) is 35.4 Å². The third kappa shape index (κ3) is 3.79. The highest BCUT2D eigenvalue weighted by Gasteiger charge is 2.42. The lowest BCUT2D eigenvalue weighted by atomic mass is 9.75. The molecule has 36 heavy (non-hydrogen) atoms. The molecular weight excluding hydrogens is 464 g/mol. The zero-order valence-electron chi connectivity index (χ0n) is 20.5. The zero-order chi connectivity index (χ0) is 26.1. The van der Waals surface area contributed by atoms with E-state index in [0.29, 0.717) is 64.6 Å². The van der Waals surface area contributed by atoms with E-state index in [1.807, 2.05) is 0 Å². The number of allylic oxidation sites excluding steroid dienone is 3. The van der Waals surface area contributed by atoms with Crippen molar-refractivity contribution < 1.29 is 23.9 Å². The molecule has 0 saturated carbocycles. The molecule has 2 N–H and O–H groups in total. The molecule has 0 fully saturated rings. The molecule has 0 amide bonds. The maximum atomic E-state index is 13.4. The van der Waals surface area contributed by atoms with E-state index in [-0.39, 0.29) is 22.9 Å². The number of non-ortho nitro benzene ring substituents is 1. The number of hydrogen-bond donors (Lipinski definition) is 1. The number of nitriles is 1. The summed E-state index contributed by atoms with van der Waals surface area (Å²) in [4.78, 5) is 26.1. The molecule has 4 rings (SSSR count). The molecule has 0 saturated heterocycles. The van der Waals surface area contributed by atoms with Gasteiger partial charge in [0.1, 0.15) is 5.82 Å². The van der Waals surface area contributed by atoms with Crippen molar-refractivity contribution in [2.45, 2.75) is 32.1 Å². The second kappa shape index (κ2) is 9.62. The fourth-order valence-electron chi connectivity index (χ4n) is 4.98. The zero-order valence-corrected chi connectivity index (χ0v) is 20.5. The molecule has 0 aromatic heterocycles. The number of ether oxygens (including phenoxy) is 3. The minimum absolute atomic E-state index is 0.108. The van der Waals surface area contributed by atoms with Crippen molar-refractivity contribution in [3.63, 3.8) is 0 Å². The van der Waals surface area contributed by atoms with Crippen molar-refractivity contribution in [3.8, 4) is 23.3 Å². The first-order valence-electron chi connectivity index (χ1n) is 11.3. The van der Waals surface area contributed by atoms with E-state index in [1.165, 1.54) is 33.5 Å². The fourth-order valence-corrected chi connectivity index (χ4v) is 4.98. The van der Waals surface area contributed by atoms with Crippen LogP contribution < -0.4 is 24.8 Å². The van der Waals surface area contributed by atoms with Crippen LogP contribution in [-0.4, -0.2) is 32.0 Å². The second-order valence-electron chi connectivity index (χ2n) is 8.47. The molecule has 0 bridgehead atoms. The number of Topliss-reactive ketones (excluding diaryl/α,β-unsaturated/α-hetero) is 1. The molecule has 0 unspecified atom stereocenters. The van der Waals surface area contributed by atoms with Gasteiger partial charge >= 0.3 is 0 Å². The molecule has 186 valence electrons. The maximum Gasteiger partial charge on any atom is 0.271 e. The Balaban J connectivity index is 2.04. The summed E-state index contributed by atoms with van der Waals surface area (Å²) in [6.07, 6.45) is 1.41. The van der Waals surface area contributed by atoms with E-state index in [9.17, 15) is 20.2 Å². The molecule has 2 aliphatic rings. The Bertz CT molecular complexity index is 1370. The number of carbonyl (C=O) groups excluding carboxylic acids is 1. The Hall–Kier alpha value is -4.52. The van der Waals surface area contributed by atoms with E-state index < -0.39 is 10.8 Å². The first kappa shape index (κ1) is 24.6. The molecule has 2 aromatic rings. The van der Waals surface area contributed by atoms with Gasteiger partial charge in [0.05, 0.1) is 49.5 Å². The number of methoxy groups -OCH3 is 3. The van der Waals surface area contributed by atoms with E-state index in [4.69, 9.17) is 19.9 Å². The monoisotopic (exact) mass is 490 g/mol. The van der Waals surface area contributed by atoms with Crippen LogP contribution >= 0.6 is 0 Å². The summed E-state index contributed by atoms with van der Waals surface area (Å²) in [6, 6.07) is 10.1. The molecule has 1 aliphatic heterocycles. The average Bonchev–Trinajstić information content (AvgIpc) is 2.87. The van der Waals surface area contributed by atoms with Crippen LogP contribution in [-0.2, 0) is 4.79 Å². The van der Waals surface area contributed by atoms with Gasteiger partial charge in [-0.3, -0.25) is 19.8 Å². The number of nitro groups is 1. The number of ketones is 1. The highest BCUT2D eigenvalue weighted by Crippen LogP contribution is 2.52. The van der Waals surface area contributed by atoms with Crippen LogP contribution in [0.5, 0.6) is 17.2 Å². The van der Waals surface area contributed by atoms with E-state index in [0.717, 1.165) is 0 Å². The fraction of sp³-hybridized carbons (Fsp3) is 0.308. The Labute approximate surface area is 208 Å². The van der Waals surface area contributed by atoms with Crippen molar-refractivity contribution >= 4 is 17.2 Å². The predicted molar refractivity (Wildman–Crippen MR) is 132 cm³/mol. The van der Waals surface area contributed by atoms with Crippen molar-refractivity contribution in [1.29, 1.82) is 5.26 Å². The summed E-state index contributed by atoms with van der Waals surface area (Å²) >= 11 is 0. The second-order valence-corrected chi connectivity index (χ2v) is 8.47. The molecule has 10 heteroatoms. The van der Waals surface area contributed by atoms with Crippen molar-refractivity contribution in [3.05, 3.63) is 74.2 Å². The molecule has 2 aromatic carbocycles. The first-order chi connectivity index (χ1) is 17.3. The Morgan fingerprint density at radius 1 is 1.11 bits per heavy atom. The third-order valence-corrected chi connectivity index (χ3v) is 6.60. The number of rotatable bonds is 6. The van der Waals surface area contributed by atoms with Gasteiger partial charge in [-0.15, -0.1) is 0 Å². The lowest BCUT2D eigenvalue weighted by molar-refractivity contribution is -0.384. The molecule has 1 aliphatic carbocycles. The maximum absolute atomic E-state index is 13.4. The lowest BCUT2D eigenvalue weighted by Crippen LogP contribution is -2.39. The molecule has 0 spiro atoms. The summed E-state index contributed by atoms with van der Waals surface area (Å²) in [6.45, 7) is 1.80. The summed E-state index contributed by atoms with van der Waals surface area (Å²) in [5.74, 6) is 0.274. The summed E-state index contributed by atoms with van der Waals surface area (Å²) in [5.41, 5.74) is 9.40. The molecule has 0 radical (unpaired) electrons. The number of hydrogen-bond acceptors (Lipinski definition) is 9. The summed E-state index contributed by atoms with van der Waals surface area (Å²) in [5, 5.41) is 21.8. The molecule has 10 nitrogen and oxygen atoms in total. The molecular formula is C26H26N4O6. The van der Waals surface area contributed by atoms with Crippen LogP contribution in [0.3, 0.4) is 0 Å². The number of benzene rings is 2. The number of nitro benzene ring substituents is 1. The summed E-state index contributed by atoms with van der Waals surface area (Å²) in [7, 11) is 4.45. The van der Waals surface area contributed by atoms with Gasteiger partial charge in [-0.2, -0.15) is 5.26 Å². The Kier molecular flexibility index (Phi) is 6.57. The highest BCUT2D eigenvalue weighted by molar-refractivity contribution is 6.01. The molecule has 1 heterocycles. The van der Waals surface area contributed by atoms with E-state index in [1.54, 1.807) is 30.0 Å². The number of aryl methyl sites for hydroxylation is 1. The average molecular weight is 491 g/mol. The van der Waals surface area contributed by atoms with Crippen LogP contribution in [0, 0.1) is 28.4 Å². The van der Waals surface area contributed by atoms with E-state index >= 15 is 0 Å². The van der Waals surface area contributed by atoms with Gasteiger partial charge in [-0.25, -0.2) is 0 Å².